The highest BCUT2D eigenvalue weighted by atomic mass is 16.5. The van der Waals surface area contributed by atoms with E-state index in [1.165, 1.54) is 0 Å². The molecule has 5 heteroatoms. The summed E-state index contributed by atoms with van der Waals surface area (Å²) in [5.41, 5.74) is 5.66. The zero-order chi connectivity index (χ0) is 33.5. The lowest BCUT2D eigenvalue weighted by molar-refractivity contribution is -0.130. The molecule has 1 amide bonds. The highest BCUT2D eigenvalue weighted by Crippen LogP contribution is 2.43. The zero-order valence-corrected chi connectivity index (χ0v) is 27.4. The summed E-state index contributed by atoms with van der Waals surface area (Å²) in [6.45, 7) is 6.06. The molecule has 0 bridgehead atoms. The summed E-state index contributed by atoms with van der Waals surface area (Å²) in [5, 5.41) is 6.62. The minimum Gasteiger partial charge on any atom is -0.426 e. The number of esters is 1. The van der Waals surface area contributed by atoms with Crippen LogP contribution in [0, 0.1) is 5.41 Å². The van der Waals surface area contributed by atoms with Crippen LogP contribution < -0.4 is 0 Å². The SMILES string of the molecule is C/C=C1/N(C(=O)C(c2ccccc2)c2ccccc2)N=C(CC(OC(=O)c2ccccc2)=C(c2ccccc2)c2ccccc2)C1(C)C. The van der Waals surface area contributed by atoms with Gasteiger partial charge < -0.3 is 4.74 Å². The Bertz CT molecular complexity index is 1880. The van der Waals surface area contributed by atoms with Crippen molar-refractivity contribution in [3.8, 4) is 0 Å². The van der Waals surface area contributed by atoms with E-state index in [1.54, 1.807) is 17.1 Å². The van der Waals surface area contributed by atoms with Crippen LogP contribution >= 0.6 is 0 Å². The molecule has 0 radical (unpaired) electrons. The van der Waals surface area contributed by atoms with Crippen molar-refractivity contribution >= 4 is 23.2 Å². The van der Waals surface area contributed by atoms with Crippen molar-refractivity contribution in [1.82, 2.24) is 5.01 Å². The fourth-order valence-electron chi connectivity index (χ4n) is 6.28. The number of rotatable bonds is 9. The number of benzene rings is 5. The van der Waals surface area contributed by atoms with E-state index in [2.05, 4.69) is 13.8 Å². The van der Waals surface area contributed by atoms with E-state index in [0.29, 0.717) is 17.0 Å². The summed E-state index contributed by atoms with van der Waals surface area (Å²) >= 11 is 0. The molecule has 0 saturated heterocycles. The van der Waals surface area contributed by atoms with Gasteiger partial charge in [-0.15, -0.1) is 0 Å². The lowest BCUT2D eigenvalue weighted by Crippen LogP contribution is -2.32. The van der Waals surface area contributed by atoms with Gasteiger partial charge in [0.2, 0.25) is 0 Å². The number of hydrazone groups is 1. The first kappa shape index (κ1) is 32.1. The summed E-state index contributed by atoms with van der Waals surface area (Å²) in [6.07, 6.45) is 2.16. The molecule has 238 valence electrons. The molecule has 0 spiro atoms. The zero-order valence-electron chi connectivity index (χ0n) is 27.4. The third kappa shape index (κ3) is 6.67. The topological polar surface area (TPSA) is 59.0 Å². The predicted octanol–water partition coefficient (Wildman–Crippen LogP) is 9.65. The van der Waals surface area contributed by atoms with Crippen LogP contribution in [0.1, 0.15) is 65.7 Å². The van der Waals surface area contributed by atoms with E-state index >= 15 is 0 Å². The lowest BCUT2D eigenvalue weighted by atomic mass is 9.81. The van der Waals surface area contributed by atoms with Crippen LogP contribution in [0.15, 0.2) is 174 Å². The molecule has 0 N–H and O–H groups in total. The molecule has 6 rings (SSSR count). The maximum atomic E-state index is 14.7. The maximum Gasteiger partial charge on any atom is 0.343 e. The van der Waals surface area contributed by atoms with Gasteiger partial charge in [-0.05, 0) is 55.2 Å². The molecule has 1 aliphatic rings. The number of carbonyl (C=O) groups excluding carboxylic acids is 2. The van der Waals surface area contributed by atoms with Crippen molar-refractivity contribution < 1.29 is 14.3 Å². The number of amides is 1. The van der Waals surface area contributed by atoms with Crippen LogP contribution in [-0.4, -0.2) is 22.6 Å². The van der Waals surface area contributed by atoms with Gasteiger partial charge in [-0.3, -0.25) is 4.79 Å². The van der Waals surface area contributed by atoms with Gasteiger partial charge >= 0.3 is 5.97 Å². The molecule has 5 aromatic carbocycles. The van der Waals surface area contributed by atoms with Gasteiger partial charge in [0.15, 0.2) is 0 Å². The van der Waals surface area contributed by atoms with Gasteiger partial charge in [-0.25, -0.2) is 9.80 Å². The molecule has 0 unspecified atom stereocenters. The van der Waals surface area contributed by atoms with Crippen molar-refractivity contribution in [2.75, 3.05) is 0 Å². The summed E-state index contributed by atoms with van der Waals surface area (Å²) in [6, 6.07) is 48.4. The van der Waals surface area contributed by atoms with Gasteiger partial charge in [0.25, 0.3) is 5.91 Å². The van der Waals surface area contributed by atoms with E-state index in [4.69, 9.17) is 9.84 Å². The Morgan fingerprint density at radius 2 is 1.08 bits per heavy atom. The Balaban J connectivity index is 1.48. The molecule has 0 atom stereocenters. The van der Waals surface area contributed by atoms with Crippen LogP contribution in [0.25, 0.3) is 5.57 Å². The second-order valence-corrected chi connectivity index (χ2v) is 12.2. The van der Waals surface area contributed by atoms with Gasteiger partial charge in [0.1, 0.15) is 5.76 Å². The third-order valence-electron chi connectivity index (χ3n) is 8.76. The average Bonchev–Trinajstić information content (AvgIpc) is 3.39. The normalized spacial score (nSPS) is 14.5. The molecule has 0 aromatic heterocycles. The molecule has 5 aromatic rings. The molecule has 5 nitrogen and oxygen atoms in total. The summed E-state index contributed by atoms with van der Waals surface area (Å²) in [4.78, 5) is 28.3. The molecule has 48 heavy (non-hydrogen) atoms. The van der Waals surface area contributed by atoms with Gasteiger partial charge in [0.05, 0.1) is 22.9 Å². The van der Waals surface area contributed by atoms with Gasteiger partial charge in [-0.2, -0.15) is 5.10 Å². The predicted molar refractivity (Wildman–Crippen MR) is 192 cm³/mol. The number of nitrogens with zero attached hydrogens (tertiary/aromatic N) is 2. The van der Waals surface area contributed by atoms with Crippen molar-refractivity contribution in [3.05, 3.63) is 197 Å². The number of ether oxygens (including phenoxy) is 1. The molecule has 0 fully saturated rings. The minimum absolute atomic E-state index is 0.151. The summed E-state index contributed by atoms with van der Waals surface area (Å²) in [5.74, 6) is -0.711. The maximum absolute atomic E-state index is 14.7. The summed E-state index contributed by atoms with van der Waals surface area (Å²) < 4.78 is 6.35. The van der Waals surface area contributed by atoms with Gasteiger partial charge in [0, 0.05) is 17.4 Å². The number of hydrogen-bond acceptors (Lipinski definition) is 4. The standard InChI is InChI=1S/C43H38N2O3/c1-4-38-43(2,3)37(44-45(38)41(46)40(33-24-14-7-15-25-33)34-26-16-8-17-27-34)30-36(48-42(47)35-28-18-9-19-29-35)39(31-20-10-5-11-21-31)32-22-12-6-13-23-32/h4-29,40H,30H2,1-3H3/b38-4+. The Morgan fingerprint density at radius 3 is 1.52 bits per heavy atom. The number of carbonyl (C=O) groups is 2. The van der Waals surface area contributed by atoms with Crippen molar-refractivity contribution in [2.24, 2.45) is 10.5 Å². The number of hydrogen-bond donors (Lipinski definition) is 0. The van der Waals surface area contributed by atoms with Crippen molar-refractivity contribution in [3.63, 3.8) is 0 Å². The van der Waals surface area contributed by atoms with Crippen LogP contribution in [-0.2, 0) is 9.53 Å². The first-order chi connectivity index (χ1) is 23.4. The minimum atomic E-state index is -0.648. The quantitative estimate of drug-likeness (QED) is 0.120. The Labute approximate surface area is 282 Å². The molecule has 1 heterocycles. The largest absolute Gasteiger partial charge is 0.426 e. The second kappa shape index (κ2) is 14.3. The van der Waals surface area contributed by atoms with Crippen LogP contribution in [0.3, 0.4) is 0 Å². The molecule has 0 saturated carbocycles. The highest BCUT2D eigenvalue weighted by molar-refractivity contribution is 6.02. The van der Waals surface area contributed by atoms with E-state index in [1.807, 2.05) is 153 Å². The average molecular weight is 631 g/mol. The third-order valence-corrected chi connectivity index (χ3v) is 8.76. The van der Waals surface area contributed by atoms with Crippen LogP contribution in [0.2, 0.25) is 0 Å². The molecule has 0 aliphatic carbocycles. The van der Waals surface area contributed by atoms with E-state index in [0.717, 1.165) is 33.5 Å². The van der Waals surface area contributed by atoms with E-state index in [-0.39, 0.29) is 12.3 Å². The number of allylic oxidation sites excluding steroid dienone is 3. The first-order valence-electron chi connectivity index (χ1n) is 16.2. The van der Waals surface area contributed by atoms with Crippen molar-refractivity contribution in [1.29, 1.82) is 0 Å². The molecular formula is C43H38N2O3. The lowest BCUT2D eigenvalue weighted by Gasteiger charge is -2.28. The van der Waals surface area contributed by atoms with E-state index in [9.17, 15) is 9.59 Å². The van der Waals surface area contributed by atoms with Crippen molar-refractivity contribution in [2.45, 2.75) is 33.1 Å². The smallest absolute Gasteiger partial charge is 0.343 e. The van der Waals surface area contributed by atoms with Crippen LogP contribution in [0.5, 0.6) is 0 Å². The Hall–Kier alpha value is -5.81. The second-order valence-electron chi connectivity index (χ2n) is 12.2. The highest BCUT2D eigenvalue weighted by Gasteiger charge is 2.44. The fourth-order valence-corrected chi connectivity index (χ4v) is 6.28. The molecular weight excluding hydrogens is 592 g/mol. The van der Waals surface area contributed by atoms with E-state index < -0.39 is 17.3 Å². The Morgan fingerprint density at radius 1 is 0.667 bits per heavy atom. The Kier molecular flexibility index (Phi) is 9.58. The molecule has 1 aliphatic heterocycles. The van der Waals surface area contributed by atoms with Crippen LogP contribution in [0.4, 0.5) is 0 Å². The first-order valence-corrected chi connectivity index (χ1v) is 16.2. The van der Waals surface area contributed by atoms with Gasteiger partial charge in [-0.1, -0.05) is 146 Å². The summed E-state index contributed by atoms with van der Waals surface area (Å²) in [7, 11) is 0. The monoisotopic (exact) mass is 630 g/mol. The fraction of sp³-hybridized carbons (Fsp3) is 0.140.